The lowest BCUT2D eigenvalue weighted by atomic mass is 9.82. The van der Waals surface area contributed by atoms with Gasteiger partial charge in [-0.3, -0.25) is 9.59 Å². The first-order valence-electron chi connectivity index (χ1n) is 10.4. The first-order chi connectivity index (χ1) is 13.7. The highest BCUT2D eigenvalue weighted by Crippen LogP contribution is 2.33. The molecule has 146 valence electrons. The molecule has 0 spiro atoms. The van der Waals surface area contributed by atoms with Crippen molar-refractivity contribution in [3.8, 4) is 0 Å². The Bertz CT molecular complexity index is 804. The van der Waals surface area contributed by atoms with Gasteiger partial charge < -0.3 is 10.6 Å². The Morgan fingerprint density at radius 1 is 0.821 bits per heavy atom. The van der Waals surface area contributed by atoms with Gasteiger partial charge in [0, 0.05) is 17.6 Å². The van der Waals surface area contributed by atoms with Crippen molar-refractivity contribution in [2.75, 3.05) is 5.32 Å². The fourth-order valence-corrected chi connectivity index (χ4v) is 4.06. The van der Waals surface area contributed by atoms with E-state index in [1.165, 1.54) is 5.56 Å². The molecule has 2 saturated carbocycles. The third-order valence-electron chi connectivity index (χ3n) is 5.90. The van der Waals surface area contributed by atoms with Crippen LogP contribution in [0, 0.1) is 5.92 Å². The highest BCUT2D eigenvalue weighted by atomic mass is 16.2. The summed E-state index contributed by atoms with van der Waals surface area (Å²) in [4.78, 5) is 24.2. The number of benzene rings is 2. The lowest BCUT2D eigenvalue weighted by Gasteiger charge is -2.29. The summed E-state index contributed by atoms with van der Waals surface area (Å²) in [7, 11) is 0. The molecule has 4 rings (SSSR count). The van der Waals surface area contributed by atoms with E-state index in [0.717, 1.165) is 49.8 Å². The fraction of sp³-hybridized carbons (Fsp3) is 0.417. The summed E-state index contributed by atoms with van der Waals surface area (Å²) in [6, 6.07) is 18.6. The van der Waals surface area contributed by atoms with E-state index in [0.29, 0.717) is 12.3 Å². The number of amides is 2. The highest BCUT2D eigenvalue weighted by Gasteiger charge is 2.29. The fourth-order valence-electron chi connectivity index (χ4n) is 4.06. The van der Waals surface area contributed by atoms with Crippen LogP contribution in [-0.2, 0) is 16.0 Å². The Balaban J connectivity index is 1.22. The average molecular weight is 377 g/mol. The van der Waals surface area contributed by atoms with Gasteiger partial charge in [-0.05, 0) is 67.7 Å². The maximum Gasteiger partial charge on any atom is 0.227 e. The van der Waals surface area contributed by atoms with Crippen molar-refractivity contribution in [2.45, 2.75) is 56.9 Å². The van der Waals surface area contributed by atoms with Gasteiger partial charge >= 0.3 is 0 Å². The largest absolute Gasteiger partial charge is 0.353 e. The minimum absolute atomic E-state index is 0.0814. The predicted molar refractivity (Wildman–Crippen MR) is 111 cm³/mol. The second-order valence-corrected chi connectivity index (χ2v) is 8.16. The molecule has 0 unspecified atom stereocenters. The maximum atomic E-state index is 12.4. The molecule has 0 atom stereocenters. The molecule has 28 heavy (non-hydrogen) atoms. The molecule has 2 fully saturated rings. The Morgan fingerprint density at radius 2 is 1.50 bits per heavy atom. The van der Waals surface area contributed by atoms with Crippen LogP contribution in [0.4, 0.5) is 5.69 Å². The third kappa shape index (κ3) is 5.00. The number of hydrogen-bond donors (Lipinski definition) is 2. The van der Waals surface area contributed by atoms with Crippen molar-refractivity contribution in [3.05, 3.63) is 65.7 Å². The van der Waals surface area contributed by atoms with E-state index < -0.39 is 0 Å². The van der Waals surface area contributed by atoms with Gasteiger partial charge in [0.25, 0.3) is 0 Å². The van der Waals surface area contributed by atoms with Crippen LogP contribution in [0.25, 0.3) is 0 Å². The Morgan fingerprint density at radius 3 is 2.14 bits per heavy atom. The SMILES string of the molecule is O=C(Cc1ccc(NC(=O)C2CC2)cc1)NC1CCC(c2ccccc2)CC1. The van der Waals surface area contributed by atoms with Crippen LogP contribution in [0.15, 0.2) is 54.6 Å². The van der Waals surface area contributed by atoms with Crippen molar-refractivity contribution in [1.29, 1.82) is 0 Å². The average Bonchev–Trinajstić information content (AvgIpc) is 3.56. The molecule has 2 aromatic carbocycles. The molecular formula is C24H28N2O2. The topological polar surface area (TPSA) is 58.2 Å². The molecule has 0 saturated heterocycles. The van der Waals surface area contributed by atoms with Gasteiger partial charge in [-0.2, -0.15) is 0 Å². The number of hydrogen-bond acceptors (Lipinski definition) is 2. The Labute approximate surface area is 166 Å². The normalized spacial score (nSPS) is 21.7. The van der Waals surface area contributed by atoms with Crippen LogP contribution < -0.4 is 10.6 Å². The molecule has 2 N–H and O–H groups in total. The lowest BCUT2D eigenvalue weighted by molar-refractivity contribution is -0.121. The van der Waals surface area contributed by atoms with Gasteiger partial charge in [-0.15, -0.1) is 0 Å². The minimum Gasteiger partial charge on any atom is -0.353 e. The molecule has 2 aliphatic carbocycles. The molecule has 4 nitrogen and oxygen atoms in total. The second-order valence-electron chi connectivity index (χ2n) is 8.16. The van der Waals surface area contributed by atoms with Gasteiger partial charge in [0.1, 0.15) is 0 Å². The van der Waals surface area contributed by atoms with Crippen molar-refractivity contribution in [3.63, 3.8) is 0 Å². The van der Waals surface area contributed by atoms with Gasteiger partial charge in [-0.1, -0.05) is 42.5 Å². The number of carbonyl (C=O) groups excluding carboxylic acids is 2. The monoisotopic (exact) mass is 376 g/mol. The summed E-state index contributed by atoms with van der Waals surface area (Å²) in [5.74, 6) is 1.00. The van der Waals surface area contributed by atoms with Gasteiger partial charge in [-0.25, -0.2) is 0 Å². The lowest BCUT2D eigenvalue weighted by Crippen LogP contribution is -2.38. The predicted octanol–water partition coefficient (Wildman–Crippen LogP) is 4.42. The smallest absolute Gasteiger partial charge is 0.227 e. The number of nitrogens with one attached hydrogen (secondary N) is 2. The quantitative estimate of drug-likeness (QED) is 0.784. The molecule has 0 radical (unpaired) electrons. The van der Waals surface area contributed by atoms with Crippen LogP contribution in [0.1, 0.15) is 55.6 Å². The van der Waals surface area contributed by atoms with Gasteiger partial charge in [0.2, 0.25) is 11.8 Å². The molecule has 2 aromatic rings. The Kier molecular flexibility index (Phi) is 5.75. The van der Waals surface area contributed by atoms with Crippen LogP contribution in [-0.4, -0.2) is 17.9 Å². The summed E-state index contributed by atoms with van der Waals surface area (Å²) >= 11 is 0. The number of carbonyl (C=O) groups is 2. The van der Waals surface area contributed by atoms with Crippen molar-refractivity contribution in [1.82, 2.24) is 5.32 Å². The van der Waals surface area contributed by atoms with E-state index in [-0.39, 0.29) is 23.8 Å². The van der Waals surface area contributed by atoms with Crippen molar-refractivity contribution >= 4 is 17.5 Å². The van der Waals surface area contributed by atoms with E-state index in [4.69, 9.17) is 0 Å². The van der Waals surface area contributed by atoms with Gasteiger partial charge in [0.05, 0.1) is 6.42 Å². The molecule has 0 heterocycles. The molecule has 4 heteroatoms. The van der Waals surface area contributed by atoms with E-state index in [2.05, 4.69) is 41.0 Å². The second kappa shape index (κ2) is 8.59. The van der Waals surface area contributed by atoms with E-state index in [9.17, 15) is 9.59 Å². The van der Waals surface area contributed by atoms with Gasteiger partial charge in [0.15, 0.2) is 0 Å². The van der Waals surface area contributed by atoms with Crippen LogP contribution in [0.2, 0.25) is 0 Å². The van der Waals surface area contributed by atoms with Crippen molar-refractivity contribution < 1.29 is 9.59 Å². The van der Waals surface area contributed by atoms with Crippen LogP contribution in [0.3, 0.4) is 0 Å². The van der Waals surface area contributed by atoms with Crippen LogP contribution >= 0.6 is 0 Å². The number of rotatable bonds is 6. The zero-order valence-electron chi connectivity index (χ0n) is 16.2. The minimum atomic E-state index is 0.0814. The Hall–Kier alpha value is -2.62. The molecule has 2 amide bonds. The summed E-state index contributed by atoms with van der Waals surface area (Å²) in [5, 5.41) is 6.13. The van der Waals surface area contributed by atoms with Crippen molar-refractivity contribution in [2.24, 2.45) is 5.92 Å². The summed E-state index contributed by atoms with van der Waals surface area (Å²) < 4.78 is 0. The third-order valence-corrected chi connectivity index (χ3v) is 5.90. The molecule has 2 aliphatic rings. The summed E-state index contributed by atoms with van der Waals surface area (Å²) in [5.41, 5.74) is 3.20. The first kappa shape index (κ1) is 18.7. The zero-order chi connectivity index (χ0) is 19.3. The molecular weight excluding hydrogens is 348 g/mol. The van der Waals surface area contributed by atoms with E-state index in [1.807, 2.05) is 24.3 Å². The van der Waals surface area contributed by atoms with E-state index in [1.54, 1.807) is 0 Å². The summed E-state index contributed by atoms with van der Waals surface area (Å²) in [6.45, 7) is 0. The number of anilines is 1. The van der Waals surface area contributed by atoms with E-state index >= 15 is 0 Å². The first-order valence-corrected chi connectivity index (χ1v) is 10.4. The highest BCUT2D eigenvalue weighted by molar-refractivity contribution is 5.94. The zero-order valence-corrected chi connectivity index (χ0v) is 16.2. The maximum absolute atomic E-state index is 12.4. The molecule has 0 aromatic heterocycles. The standard InChI is InChI=1S/C24H28N2O2/c27-23(16-17-6-12-22(13-7-17)26-24(28)20-8-9-20)25-21-14-10-19(11-15-21)18-4-2-1-3-5-18/h1-7,12-13,19-21H,8-11,14-16H2,(H,25,27)(H,26,28). The molecule has 0 aliphatic heterocycles. The van der Waals surface area contributed by atoms with Crippen LogP contribution in [0.5, 0.6) is 0 Å². The molecule has 0 bridgehead atoms. The summed E-state index contributed by atoms with van der Waals surface area (Å²) in [6.07, 6.45) is 6.72.